The van der Waals surface area contributed by atoms with E-state index in [-0.39, 0.29) is 18.0 Å². The molecule has 7 nitrogen and oxygen atoms in total. The second kappa shape index (κ2) is 8.07. The lowest BCUT2D eigenvalue weighted by atomic mass is 10.2. The predicted molar refractivity (Wildman–Crippen MR) is 111 cm³/mol. The molecule has 9 heteroatoms. The van der Waals surface area contributed by atoms with Crippen LogP contribution in [0.2, 0.25) is 0 Å². The van der Waals surface area contributed by atoms with Crippen LogP contribution in [-0.4, -0.2) is 28.1 Å². The number of hydrogen-bond donors (Lipinski definition) is 2. The first-order valence-corrected chi connectivity index (χ1v) is 10.3. The molecule has 0 saturated carbocycles. The summed E-state index contributed by atoms with van der Waals surface area (Å²) < 4.78 is 11.3. The van der Waals surface area contributed by atoms with Crippen molar-refractivity contribution in [2.45, 2.75) is 23.4 Å². The summed E-state index contributed by atoms with van der Waals surface area (Å²) in [5, 5.41) is 14.8. The van der Waals surface area contributed by atoms with E-state index >= 15 is 0 Å². The minimum atomic E-state index is -0.329. The molecule has 1 amide bonds. The fraction of sp³-hybridized carbons (Fsp3) is 0.211. The number of hydrogen-bond acceptors (Lipinski definition) is 8. The number of fused-ring (bicyclic) bond motifs is 1. The molecule has 0 aliphatic carbocycles. The number of benzene rings is 2. The van der Waals surface area contributed by atoms with Gasteiger partial charge in [-0.05, 0) is 43.7 Å². The van der Waals surface area contributed by atoms with Crippen molar-refractivity contribution in [3.05, 3.63) is 48.0 Å². The highest BCUT2D eigenvalue weighted by Gasteiger charge is 2.19. The van der Waals surface area contributed by atoms with Crippen LogP contribution < -0.4 is 20.1 Å². The van der Waals surface area contributed by atoms with Gasteiger partial charge in [-0.2, -0.15) is 0 Å². The molecule has 1 aromatic heterocycles. The maximum absolute atomic E-state index is 12.5. The number of rotatable bonds is 6. The molecule has 0 unspecified atom stereocenters. The minimum absolute atomic E-state index is 0.118. The van der Waals surface area contributed by atoms with Crippen molar-refractivity contribution in [1.82, 2.24) is 10.2 Å². The summed E-state index contributed by atoms with van der Waals surface area (Å²) in [4.78, 5) is 12.5. The SMILES string of the molecule is Cc1cccc(Nc2nnc(S[C@H](C)C(=O)Nc3ccc4c(c3)OCO4)s2)c1. The largest absolute Gasteiger partial charge is 0.454 e. The van der Waals surface area contributed by atoms with Gasteiger partial charge in [0.25, 0.3) is 0 Å². The quantitative estimate of drug-likeness (QED) is 0.577. The first kappa shape index (κ1) is 18.6. The Morgan fingerprint density at radius 3 is 2.86 bits per heavy atom. The first-order chi connectivity index (χ1) is 13.6. The minimum Gasteiger partial charge on any atom is -0.454 e. The lowest BCUT2D eigenvalue weighted by Gasteiger charge is -2.10. The number of thioether (sulfide) groups is 1. The van der Waals surface area contributed by atoms with Gasteiger partial charge in [0, 0.05) is 17.4 Å². The van der Waals surface area contributed by atoms with Gasteiger partial charge in [0.15, 0.2) is 15.8 Å². The third kappa shape index (κ3) is 4.37. The van der Waals surface area contributed by atoms with Gasteiger partial charge in [-0.25, -0.2) is 0 Å². The highest BCUT2D eigenvalue weighted by Crippen LogP contribution is 2.35. The van der Waals surface area contributed by atoms with Crippen LogP contribution in [0, 0.1) is 6.92 Å². The molecule has 4 rings (SSSR count). The molecule has 1 aliphatic rings. The molecule has 0 fully saturated rings. The third-order valence-corrected chi connectivity index (χ3v) is 5.99. The fourth-order valence-corrected chi connectivity index (χ4v) is 4.49. The summed E-state index contributed by atoms with van der Waals surface area (Å²) >= 11 is 2.78. The van der Waals surface area contributed by atoms with Crippen LogP contribution in [0.5, 0.6) is 11.5 Å². The van der Waals surface area contributed by atoms with Crippen LogP contribution in [-0.2, 0) is 4.79 Å². The van der Waals surface area contributed by atoms with E-state index in [9.17, 15) is 4.79 Å². The Kier molecular flexibility index (Phi) is 5.36. The standard InChI is InChI=1S/C19H18N4O3S2/c1-11-4-3-5-13(8-11)21-18-22-23-19(28-18)27-12(2)17(24)20-14-6-7-15-16(9-14)26-10-25-15/h3-9,12H,10H2,1-2H3,(H,20,24)(H,21,22)/t12-/m1/s1. The normalized spacial score (nSPS) is 13.2. The molecule has 2 N–H and O–H groups in total. The van der Waals surface area contributed by atoms with Crippen LogP contribution in [0.1, 0.15) is 12.5 Å². The summed E-state index contributed by atoms with van der Waals surface area (Å²) in [6.07, 6.45) is 0. The molecule has 1 aliphatic heterocycles. The van der Waals surface area contributed by atoms with Gasteiger partial charge < -0.3 is 20.1 Å². The van der Waals surface area contributed by atoms with E-state index in [4.69, 9.17) is 9.47 Å². The summed E-state index contributed by atoms with van der Waals surface area (Å²) in [7, 11) is 0. The van der Waals surface area contributed by atoms with Crippen molar-refractivity contribution in [1.29, 1.82) is 0 Å². The Bertz CT molecular complexity index is 1010. The van der Waals surface area contributed by atoms with Crippen LogP contribution in [0.3, 0.4) is 0 Å². The topological polar surface area (TPSA) is 85.4 Å². The second-order valence-electron chi connectivity index (χ2n) is 6.18. The molecule has 0 saturated heterocycles. The molecule has 144 valence electrons. The monoisotopic (exact) mass is 414 g/mol. The van der Waals surface area contributed by atoms with E-state index in [0.29, 0.717) is 22.3 Å². The number of nitrogens with zero attached hydrogens (tertiary/aromatic N) is 2. The molecule has 3 aromatic rings. The first-order valence-electron chi connectivity index (χ1n) is 8.61. The van der Waals surface area contributed by atoms with Crippen molar-refractivity contribution in [2.75, 3.05) is 17.4 Å². The van der Waals surface area contributed by atoms with Gasteiger partial charge >= 0.3 is 0 Å². The zero-order valence-electron chi connectivity index (χ0n) is 15.3. The van der Waals surface area contributed by atoms with E-state index in [1.807, 2.05) is 38.1 Å². The van der Waals surface area contributed by atoms with E-state index in [2.05, 4.69) is 20.8 Å². The van der Waals surface area contributed by atoms with Crippen LogP contribution in [0.15, 0.2) is 46.8 Å². The average Bonchev–Trinajstić information content (AvgIpc) is 3.30. The average molecular weight is 415 g/mol. The molecular formula is C19H18N4O3S2. The summed E-state index contributed by atoms with van der Waals surface area (Å²) in [5.74, 6) is 1.20. The Hall–Kier alpha value is -2.78. The third-order valence-electron chi connectivity index (χ3n) is 3.96. The zero-order valence-corrected chi connectivity index (χ0v) is 16.9. The van der Waals surface area contributed by atoms with Crippen molar-refractivity contribution in [2.24, 2.45) is 0 Å². The van der Waals surface area contributed by atoms with Gasteiger partial charge in [-0.15, -0.1) is 10.2 Å². The molecular weight excluding hydrogens is 396 g/mol. The number of carbonyl (C=O) groups excluding carboxylic acids is 1. The second-order valence-corrected chi connectivity index (χ2v) is 8.75. The molecule has 2 heterocycles. The number of carbonyl (C=O) groups is 1. The van der Waals surface area contributed by atoms with Gasteiger partial charge in [-0.3, -0.25) is 4.79 Å². The molecule has 0 bridgehead atoms. The van der Waals surface area contributed by atoms with Gasteiger partial charge in [0.05, 0.1) is 5.25 Å². The van der Waals surface area contributed by atoms with Crippen LogP contribution in [0.25, 0.3) is 0 Å². The number of aryl methyl sites for hydroxylation is 1. The van der Waals surface area contributed by atoms with E-state index in [1.165, 1.54) is 23.1 Å². The van der Waals surface area contributed by atoms with Gasteiger partial charge in [0.1, 0.15) is 0 Å². The lowest BCUT2D eigenvalue weighted by Crippen LogP contribution is -2.22. The highest BCUT2D eigenvalue weighted by atomic mass is 32.2. The maximum atomic E-state index is 12.5. The smallest absolute Gasteiger partial charge is 0.237 e. The predicted octanol–water partition coefficient (Wildman–Crippen LogP) is 4.44. The Morgan fingerprint density at radius 1 is 1.14 bits per heavy atom. The number of nitrogens with one attached hydrogen (secondary N) is 2. The number of anilines is 3. The summed E-state index contributed by atoms with van der Waals surface area (Å²) in [6, 6.07) is 13.4. The Morgan fingerprint density at radius 2 is 2.00 bits per heavy atom. The molecule has 28 heavy (non-hydrogen) atoms. The number of amides is 1. The Labute approximate surface area is 170 Å². The van der Waals surface area contributed by atoms with Gasteiger partial charge in [-0.1, -0.05) is 35.2 Å². The van der Waals surface area contributed by atoms with Crippen LogP contribution >= 0.6 is 23.1 Å². The van der Waals surface area contributed by atoms with Crippen LogP contribution in [0.4, 0.5) is 16.5 Å². The Balaban J connectivity index is 1.35. The van der Waals surface area contributed by atoms with Crippen molar-refractivity contribution in [3.63, 3.8) is 0 Å². The summed E-state index contributed by atoms with van der Waals surface area (Å²) in [5.41, 5.74) is 2.79. The summed E-state index contributed by atoms with van der Waals surface area (Å²) in [6.45, 7) is 4.07. The highest BCUT2D eigenvalue weighted by molar-refractivity contribution is 8.02. The van der Waals surface area contributed by atoms with Crippen molar-refractivity contribution in [3.8, 4) is 11.5 Å². The van der Waals surface area contributed by atoms with Crippen molar-refractivity contribution >= 4 is 45.5 Å². The zero-order chi connectivity index (χ0) is 19.5. The maximum Gasteiger partial charge on any atom is 0.237 e. The van der Waals surface area contributed by atoms with E-state index in [0.717, 1.165) is 15.6 Å². The number of aromatic nitrogens is 2. The van der Waals surface area contributed by atoms with Gasteiger partial charge in [0.2, 0.25) is 17.8 Å². The van der Waals surface area contributed by atoms with Crippen molar-refractivity contribution < 1.29 is 14.3 Å². The molecule has 2 aromatic carbocycles. The van der Waals surface area contributed by atoms with E-state index < -0.39 is 0 Å². The lowest BCUT2D eigenvalue weighted by molar-refractivity contribution is -0.115. The molecule has 1 atom stereocenters. The number of ether oxygens (including phenoxy) is 2. The molecule has 0 radical (unpaired) electrons. The molecule has 0 spiro atoms. The van der Waals surface area contributed by atoms with E-state index in [1.54, 1.807) is 18.2 Å². The fourth-order valence-electron chi connectivity index (χ4n) is 2.58.